The molecule has 0 amide bonds. The standard InChI is InChI=1S/C23H34N2O2/c1-22(27)8-6-16-15(13-22)4-5-18-17(16)7-9-23(2)19(18)12-20(23)21(26)14-25-11-3-10-24-25/h3,10-11,15-20,27H,4-9,12-14H2,1-2H3/t15-,16+,17-,18-,19+,20-,22-,23+/m1/s1. The first-order valence-electron chi connectivity index (χ1n) is 11.1. The van der Waals surface area contributed by atoms with Gasteiger partial charge in [0.25, 0.3) is 0 Å². The van der Waals surface area contributed by atoms with Crippen molar-refractivity contribution in [3.8, 4) is 0 Å². The third-order valence-electron chi connectivity index (χ3n) is 9.23. The van der Waals surface area contributed by atoms with Crippen LogP contribution in [-0.4, -0.2) is 26.3 Å². The maximum atomic E-state index is 12.9. The van der Waals surface area contributed by atoms with E-state index in [4.69, 9.17) is 0 Å². The van der Waals surface area contributed by atoms with E-state index >= 15 is 0 Å². The van der Waals surface area contributed by atoms with Crippen LogP contribution in [0.4, 0.5) is 0 Å². The molecule has 148 valence electrons. The summed E-state index contributed by atoms with van der Waals surface area (Å²) in [5.74, 6) is 4.59. The Labute approximate surface area is 162 Å². The van der Waals surface area contributed by atoms with Crippen molar-refractivity contribution in [2.24, 2.45) is 40.9 Å². The zero-order valence-electron chi connectivity index (χ0n) is 16.8. The second-order valence-electron chi connectivity index (χ2n) is 10.7. The number of aliphatic hydroxyl groups is 1. The molecule has 4 heteroatoms. The molecule has 4 fully saturated rings. The van der Waals surface area contributed by atoms with Gasteiger partial charge in [0.1, 0.15) is 0 Å². The Hall–Kier alpha value is -1.16. The van der Waals surface area contributed by atoms with Crippen molar-refractivity contribution >= 4 is 5.78 Å². The fourth-order valence-corrected chi connectivity index (χ4v) is 7.83. The monoisotopic (exact) mass is 370 g/mol. The minimum Gasteiger partial charge on any atom is -0.390 e. The van der Waals surface area contributed by atoms with Gasteiger partial charge in [-0.1, -0.05) is 6.92 Å². The molecule has 0 aliphatic heterocycles. The van der Waals surface area contributed by atoms with Crippen LogP contribution in [0.5, 0.6) is 0 Å². The van der Waals surface area contributed by atoms with E-state index in [0.717, 1.165) is 48.9 Å². The Morgan fingerprint density at radius 1 is 1.15 bits per heavy atom. The highest BCUT2D eigenvalue weighted by Gasteiger charge is 2.62. The van der Waals surface area contributed by atoms with Gasteiger partial charge in [-0.3, -0.25) is 9.48 Å². The number of rotatable bonds is 3. The molecule has 4 nitrogen and oxygen atoms in total. The number of carbonyl (C=O) groups is 1. The quantitative estimate of drug-likeness (QED) is 0.872. The van der Waals surface area contributed by atoms with Gasteiger partial charge >= 0.3 is 0 Å². The van der Waals surface area contributed by atoms with E-state index in [1.54, 1.807) is 10.9 Å². The van der Waals surface area contributed by atoms with E-state index in [0.29, 0.717) is 12.3 Å². The highest BCUT2D eigenvalue weighted by molar-refractivity contribution is 5.82. The normalized spacial score (nSPS) is 48.7. The minimum atomic E-state index is -0.433. The molecule has 0 radical (unpaired) electrons. The fraction of sp³-hybridized carbons (Fsp3) is 0.826. The van der Waals surface area contributed by atoms with Crippen molar-refractivity contribution in [2.75, 3.05) is 0 Å². The lowest BCUT2D eigenvalue weighted by Crippen LogP contribution is -2.60. The molecular formula is C23H34N2O2. The van der Waals surface area contributed by atoms with Crippen LogP contribution in [-0.2, 0) is 11.3 Å². The Morgan fingerprint density at radius 3 is 2.74 bits per heavy atom. The molecule has 5 rings (SSSR count). The van der Waals surface area contributed by atoms with E-state index in [1.165, 1.54) is 32.1 Å². The van der Waals surface area contributed by atoms with E-state index < -0.39 is 5.60 Å². The lowest BCUT2D eigenvalue weighted by atomic mass is 9.39. The van der Waals surface area contributed by atoms with Gasteiger partial charge in [-0.25, -0.2) is 0 Å². The van der Waals surface area contributed by atoms with Crippen LogP contribution in [0.25, 0.3) is 0 Å². The second-order valence-corrected chi connectivity index (χ2v) is 10.7. The lowest BCUT2D eigenvalue weighted by Gasteiger charge is -2.65. The van der Waals surface area contributed by atoms with Crippen molar-refractivity contribution in [3.05, 3.63) is 18.5 Å². The van der Waals surface area contributed by atoms with Gasteiger partial charge in [-0.2, -0.15) is 5.10 Å². The van der Waals surface area contributed by atoms with Crippen molar-refractivity contribution in [3.63, 3.8) is 0 Å². The van der Waals surface area contributed by atoms with Crippen LogP contribution in [0.3, 0.4) is 0 Å². The SMILES string of the molecule is C[C@@]1(O)CC[C@H]2[C@H](CC[C@@H]3[C@@H]2CC[C@]2(C)[C@@H](C(=O)Cn4cccn4)C[C@@H]32)C1. The van der Waals surface area contributed by atoms with E-state index in [9.17, 15) is 9.90 Å². The molecule has 1 N–H and O–H groups in total. The molecule has 4 saturated carbocycles. The molecule has 0 bridgehead atoms. The van der Waals surface area contributed by atoms with Gasteiger partial charge < -0.3 is 5.11 Å². The largest absolute Gasteiger partial charge is 0.390 e. The predicted octanol–water partition coefficient (Wildman–Crippen LogP) is 4.08. The van der Waals surface area contributed by atoms with Gasteiger partial charge in [0.05, 0.1) is 12.1 Å². The molecule has 4 aliphatic rings. The second kappa shape index (κ2) is 6.17. The van der Waals surface area contributed by atoms with Gasteiger partial charge in [-0.05, 0) is 99.4 Å². The van der Waals surface area contributed by atoms with Crippen LogP contribution >= 0.6 is 0 Å². The number of aromatic nitrogens is 2. The van der Waals surface area contributed by atoms with Crippen LogP contribution in [0.15, 0.2) is 18.5 Å². The number of fused-ring (bicyclic) bond motifs is 5. The van der Waals surface area contributed by atoms with Crippen molar-refractivity contribution in [2.45, 2.75) is 77.4 Å². The molecule has 0 saturated heterocycles. The Kier molecular flexibility index (Phi) is 4.09. The molecular weight excluding hydrogens is 336 g/mol. The Balaban J connectivity index is 1.28. The van der Waals surface area contributed by atoms with Crippen molar-refractivity contribution in [1.82, 2.24) is 9.78 Å². The maximum Gasteiger partial charge on any atom is 0.157 e. The van der Waals surface area contributed by atoms with Crippen LogP contribution in [0.2, 0.25) is 0 Å². The molecule has 27 heavy (non-hydrogen) atoms. The van der Waals surface area contributed by atoms with Crippen molar-refractivity contribution in [1.29, 1.82) is 0 Å². The lowest BCUT2D eigenvalue weighted by molar-refractivity contribution is -0.177. The van der Waals surface area contributed by atoms with Gasteiger partial charge in [0.2, 0.25) is 0 Å². The summed E-state index contributed by atoms with van der Waals surface area (Å²) in [5.41, 5.74) is -0.212. The first kappa shape index (κ1) is 17.9. The first-order chi connectivity index (χ1) is 12.9. The van der Waals surface area contributed by atoms with E-state index in [2.05, 4.69) is 12.0 Å². The predicted molar refractivity (Wildman–Crippen MR) is 104 cm³/mol. The molecule has 1 aromatic rings. The fourth-order valence-electron chi connectivity index (χ4n) is 7.83. The Morgan fingerprint density at radius 2 is 1.96 bits per heavy atom. The minimum absolute atomic E-state index is 0.221. The van der Waals surface area contributed by atoms with E-state index in [1.807, 2.05) is 19.2 Å². The van der Waals surface area contributed by atoms with Crippen LogP contribution in [0.1, 0.15) is 65.2 Å². The topological polar surface area (TPSA) is 55.1 Å². The molecule has 1 heterocycles. The summed E-state index contributed by atoms with van der Waals surface area (Å²) in [4.78, 5) is 12.9. The van der Waals surface area contributed by atoms with E-state index in [-0.39, 0.29) is 11.3 Å². The summed E-state index contributed by atoms with van der Waals surface area (Å²) < 4.78 is 1.78. The van der Waals surface area contributed by atoms with Crippen LogP contribution < -0.4 is 0 Å². The van der Waals surface area contributed by atoms with Crippen molar-refractivity contribution < 1.29 is 9.90 Å². The van der Waals surface area contributed by atoms with Gasteiger partial charge in [-0.15, -0.1) is 0 Å². The average molecular weight is 371 g/mol. The summed E-state index contributed by atoms with van der Waals surface area (Å²) in [6.45, 7) is 4.88. The highest BCUT2D eigenvalue weighted by Crippen LogP contribution is 2.67. The summed E-state index contributed by atoms with van der Waals surface area (Å²) in [7, 11) is 0. The third kappa shape index (κ3) is 2.82. The molecule has 0 aromatic carbocycles. The summed E-state index contributed by atoms with van der Waals surface area (Å²) in [6.07, 6.45) is 13.1. The molecule has 8 atom stereocenters. The number of hydrogen-bond donors (Lipinski definition) is 1. The number of carbonyl (C=O) groups excluding carboxylic acids is 1. The molecule has 4 aliphatic carbocycles. The number of nitrogens with zero attached hydrogens (tertiary/aromatic N) is 2. The highest BCUT2D eigenvalue weighted by atomic mass is 16.3. The Bertz CT molecular complexity index is 712. The zero-order valence-corrected chi connectivity index (χ0v) is 16.8. The maximum absolute atomic E-state index is 12.9. The van der Waals surface area contributed by atoms with Gasteiger partial charge in [0.15, 0.2) is 5.78 Å². The average Bonchev–Trinajstić information content (AvgIpc) is 3.10. The molecule has 1 aromatic heterocycles. The molecule has 0 spiro atoms. The summed E-state index contributed by atoms with van der Waals surface area (Å²) in [6, 6.07) is 1.89. The van der Waals surface area contributed by atoms with Crippen LogP contribution in [0, 0.1) is 40.9 Å². The smallest absolute Gasteiger partial charge is 0.157 e. The molecule has 0 unspecified atom stereocenters. The number of ketones is 1. The summed E-state index contributed by atoms with van der Waals surface area (Å²) in [5, 5.41) is 14.7. The zero-order chi connectivity index (χ0) is 18.8. The number of hydrogen-bond acceptors (Lipinski definition) is 3. The number of Topliss-reactive ketones (excluding diaryl/α,β-unsaturated/α-hetero) is 1. The summed E-state index contributed by atoms with van der Waals surface area (Å²) >= 11 is 0. The van der Waals surface area contributed by atoms with Gasteiger partial charge in [0, 0.05) is 18.3 Å². The third-order valence-corrected chi connectivity index (χ3v) is 9.23. The first-order valence-corrected chi connectivity index (χ1v) is 11.1.